The summed E-state index contributed by atoms with van der Waals surface area (Å²) in [5.74, 6) is -3.91. The van der Waals surface area contributed by atoms with Crippen molar-refractivity contribution in [1.29, 1.82) is 0 Å². The Morgan fingerprint density at radius 3 is 1.68 bits per heavy atom. The molecule has 0 aromatic carbocycles. The van der Waals surface area contributed by atoms with Gasteiger partial charge < -0.3 is 18.9 Å². The van der Waals surface area contributed by atoms with Crippen molar-refractivity contribution in [3.63, 3.8) is 0 Å². The molecule has 2 unspecified atom stereocenters. The predicted molar refractivity (Wildman–Crippen MR) is 76.7 cm³/mol. The highest BCUT2D eigenvalue weighted by molar-refractivity contribution is 6.15. The summed E-state index contributed by atoms with van der Waals surface area (Å²) in [5, 5.41) is 0. The summed E-state index contributed by atoms with van der Waals surface area (Å²) in [5.41, 5.74) is -5.64. The topological polar surface area (TPSA) is 36.9 Å². The van der Waals surface area contributed by atoms with E-state index in [9.17, 15) is 30.7 Å². The first-order valence-electron chi connectivity index (χ1n) is 7.10. The summed E-state index contributed by atoms with van der Waals surface area (Å²) >= 11 is 0. The van der Waals surface area contributed by atoms with Crippen LogP contribution in [0.5, 0.6) is 0 Å². The van der Waals surface area contributed by atoms with Crippen molar-refractivity contribution in [3.05, 3.63) is 0 Å². The van der Waals surface area contributed by atoms with E-state index in [-0.39, 0.29) is 0 Å². The second-order valence-corrected chi connectivity index (χ2v) is 6.45. The van der Waals surface area contributed by atoms with E-state index in [2.05, 4.69) is 18.9 Å². The van der Waals surface area contributed by atoms with Crippen molar-refractivity contribution < 1.29 is 49.7 Å². The Morgan fingerprint density at radius 2 is 1.28 bits per heavy atom. The van der Waals surface area contributed by atoms with Gasteiger partial charge in [0.15, 0.2) is 7.85 Å². The summed E-state index contributed by atoms with van der Waals surface area (Å²) < 4.78 is 113. The number of rotatable bonds is 11. The Balaban J connectivity index is 5.36. The van der Waals surface area contributed by atoms with Crippen LogP contribution < -0.4 is 0 Å². The highest BCUT2D eigenvalue weighted by atomic mass is 19.3. The number of halogens is 7. The molecule has 0 saturated heterocycles. The molecule has 2 atom stereocenters. The van der Waals surface area contributed by atoms with E-state index in [1.807, 2.05) is 0 Å². The monoisotopic (exact) mass is 386 g/mol. The van der Waals surface area contributed by atoms with E-state index >= 15 is 0 Å². The van der Waals surface area contributed by atoms with Crippen LogP contribution in [0.3, 0.4) is 0 Å². The van der Waals surface area contributed by atoms with Crippen LogP contribution in [0.4, 0.5) is 30.7 Å². The summed E-state index contributed by atoms with van der Waals surface area (Å²) in [7, 11) is 2.41. The van der Waals surface area contributed by atoms with Crippen molar-refractivity contribution >= 4 is 7.85 Å². The van der Waals surface area contributed by atoms with Gasteiger partial charge in [0.2, 0.25) is 6.17 Å². The molecule has 0 aliphatic rings. The van der Waals surface area contributed by atoms with E-state index in [0.717, 1.165) is 14.2 Å². The van der Waals surface area contributed by atoms with Crippen LogP contribution in [-0.4, -0.2) is 70.7 Å². The molecule has 0 heterocycles. The van der Waals surface area contributed by atoms with E-state index < -0.39 is 48.6 Å². The summed E-state index contributed by atoms with van der Waals surface area (Å²) in [6.07, 6.45) is -12.4. The Bertz CT molecular complexity index is 433. The molecule has 25 heavy (non-hydrogen) atoms. The molecule has 0 bridgehead atoms. The molecule has 0 N–H and O–H groups in total. The van der Waals surface area contributed by atoms with Crippen LogP contribution in [0.1, 0.15) is 20.8 Å². The van der Waals surface area contributed by atoms with Gasteiger partial charge in [-0.25, -0.2) is 13.2 Å². The minimum atomic E-state index is -4.85. The normalized spacial score (nSPS) is 18.1. The van der Waals surface area contributed by atoms with Gasteiger partial charge in [-0.2, -0.15) is 17.6 Å². The molecule has 0 saturated carbocycles. The third kappa shape index (κ3) is 6.57. The molecule has 150 valence electrons. The molecule has 0 amide bonds. The van der Waals surface area contributed by atoms with Crippen molar-refractivity contribution in [2.45, 2.75) is 56.2 Å². The van der Waals surface area contributed by atoms with Gasteiger partial charge in [-0.15, -0.1) is 0 Å². The molecule has 0 spiro atoms. The number of ether oxygens (including phenoxy) is 4. The summed E-state index contributed by atoms with van der Waals surface area (Å²) in [6.45, 7) is -0.760. The summed E-state index contributed by atoms with van der Waals surface area (Å²) in [6, 6.07) is 0. The third-order valence-electron chi connectivity index (χ3n) is 3.23. The van der Waals surface area contributed by atoms with E-state index in [1.54, 1.807) is 0 Å². The fourth-order valence-electron chi connectivity index (χ4n) is 1.86. The van der Waals surface area contributed by atoms with Crippen LogP contribution in [0.15, 0.2) is 0 Å². The highest BCUT2D eigenvalue weighted by Crippen LogP contribution is 2.41. The standard InChI is InChI=1S/C13H22BF7O4/c1-9(2,24-12(18,19)7-23-5)8(15)13(20,21)25-10(3,14)11(16,17)6-22-4/h8H,6-7,14H2,1-5H3. The largest absolute Gasteiger partial charge is 0.389 e. The van der Waals surface area contributed by atoms with Crippen LogP contribution in [-0.2, 0) is 18.9 Å². The zero-order valence-corrected chi connectivity index (χ0v) is 14.8. The van der Waals surface area contributed by atoms with Gasteiger partial charge in [-0.05, 0) is 20.8 Å². The van der Waals surface area contributed by atoms with Gasteiger partial charge in [0.25, 0.3) is 5.92 Å². The predicted octanol–water partition coefficient (Wildman–Crippen LogP) is 2.60. The van der Waals surface area contributed by atoms with E-state index in [0.29, 0.717) is 28.6 Å². The molecule has 0 aromatic rings. The molecule has 0 rings (SSSR count). The fraction of sp³-hybridized carbons (Fsp3) is 1.00. The quantitative estimate of drug-likeness (QED) is 0.404. The molecule has 0 fully saturated rings. The minimum Gasteiger partial charge on any atom is -0.378 e. The average molecular weight is 386 g/mol. The molecule has 12 heteroatoms. The number of alkyl halides is 7. The molecule has 0 aliphatic heterocycles. The Hall–Kier alpha value is -0.585. The second-order valence-electron chi connectivity index (χ2n) is 6.45. The minimum absolute atomic E-state index is 0.597. The van der Waals surface area contributed by atoms with Crippen LogP contribution in [0.25, 0.3) is 0 Å². The van der Waals surface area contributed by atoms with Gasteiger partial charge >= 0.3 is 12.2 Å². The maximum atomic E-state index is 14.2. The lowest BCUT2D eigenvalue weighted by atomic mass is 9.77. The lowest BCUT2D eigenvalue weighted by Gasteiger charge is -2.41. The van der Waals surface area contributed by atoms with E-state index in [4.69, 9.17) is 0 Å². The molecular formula is C13H22BF7O4. The zero-order chi connectivity index (χ0) is 20.3. The van der Waals surface area contributed by atoms with Gasteiger partial charge in [0.1, 0.15) is 24.3 Å². The molecule has 0 radical (unpaired) electrons. The smallest absolute Gasteiger partial charge is 0.378 e. The van der Waals surface area contributed by atoms with Gasteiger partial charge in [-0.3, -0.25) is 0 Å². The Morgan fingerprint density at radius 1 is 0.840 bits per heavy atom. The third-order valence-corrected chi connectivity index (χ3v) is 3.23. The SMILES string of the molecule is BC(C)(OC(F)(F)C(F)C(C)(C)OC(F)(F)COC)C(F)(F)COC. The first-order valence-corrected chi connectivity index (χ1v) is 7.10. The van der Waals surface area contributed by atoms with Crippen LogP contribution in [0, 0.1) is 0 Å². The fourth-order valence-corrected chi connectivity index (χ4v) is 1.86. The number of hydrogen-bond acceptors (Lipinski definition) is 4. The van der Waals surface area contributed by atoms with Crippen LogP contribution >= 0.6 is 0 Å². The number of methoxy groups -OCH3 is 2. The highest BCUT2D eigenvalue weighted by Gasteiger charge is 2.60. The maximum absolute atomic E-state index is 14.2. The van der Waals surface area contributed by atoms with Crippen molar-refractivity contribution in [3.8, 4) is 0 Å². The molecule has 0 aliphatic carbocycles. The van der Waals surface area contributed by atoms with Crippen LogP contribution in [0.2, 0.25) is 0 Å². The summed E-state index contributed by atoms with van der Waals surface area (Å²) in [4.78, 5) is 0. The van der Waals surface area contributed by atoms with Crippen molar-refractivity contribution in [1.82, 2.24) is 0 Å². The van der Waals surface area contributed by atoms with Gasteiger partial charge in [0, 0.05) is 14.2 Å². The zero-order valence-electron chi connectivity index (χ0n) is 14.8. The molecule has 4 nitrogen and oxygen atoms in total. The van der Waals surface area contributed by atoms with Crippen molar-refractivity contribution in [2.24, 2.45) is 0 Å². The lowest BCUT2D eigenvalue weighted by molar-refractivity contribution is -0.379. The lowest BCUT2D eigenvalue weighted by Crippen LogP contribution is -2.59. The van der Waals surface area contributed by atoms with Gasteiger partial charge in [0.05, 0.1) is 0 Å². The average Bonchev–Trinajstić information content (AvgIpc) is 2.34. The second kappa shape index (κ2) is 7.97. The first kappa shape index (κ1) is 24.4. The molecular weight excluding hydrogens is 364 g/mol. The number of hydrogen-bond donors (Lipinski definition) is 0. The van der Waals surface area contributed by atoms with E-state index in [1.165, 1.54) is 0 Å². The Labute approximate surface area is 142 Å². The maximum Gasteiger partial charge on any atom is 0.389 e. The van der Waals surface area contributed by atoms with Crippen molar-refractivity contribution in [2.75, 3.05) is 27.4 Å². The van der Waals surface area contributed by atoms with Gasteiger partial charge in [-0.1, -0.05) is 0 Å². The Kier molecular flexibility index (Phi) is 7.79. The molecule has 0 aromatic heterocycles. The first-order chi connectivity index (χ1) is 10.9.